The van der Waals surface area contributed by atoms with Crippen molar-refractivity contribution >= 4 is 17.5 Å². The second-order valence-electron chi connectivity index (χ2n) is 6.01. The maximum Gasteiger partial charge on any atom is 0.222 e. The molecule has 1 aromatic carbocycles. The molecule has 4 heteroatoms. The summed E-state index contributed by atoms with van der Waals surface area (Å²) in [7, 11) is 0. The average Bonchev–Trinajstić information content (AvgIpc) is 2.53. The van der Waals surface area contributed by atoms with Crippen molar-refractivity contribution in [1.29, 1.82) is 0 Å². The topological polar surface area (TPSA) is 29.5 Å². The van der Waals surface area contributed by atoms with E-state index in [1.54, 1.807) is 0 Å². The van der Waals surface area contributed by atoms with Crippen molar-refractivity contribution in [1.82, 2.24) is 4.90 Å². The SMILES string of the molecule is CCC1CCCCN1C(=O)CCCOc1ccc(Cl)cc1C. The molecule has 1 amide bonds. The molecule has 0 spiro atoms. The maximum absolute atomic E-state index is 12.3. The Kier molecular flexibility index (Phi) is 6.56. The fourth-order valence-electron chi connectivity index (χ4n) is 3.08. The number of piperidine rings is 1. The van der Waals surface area contributed by atoms with Crippen LogP contribution < -0.4 is 4.74 Å². The normalized spacial score (nSPS) is 18.3. The number of hydrogen-bond acceptors (Lipinski definition) is 2. The Hall–Kier alpha value is -1.22. The Morgan fingerprint density at radius 1 is 1.41 bits per heavy atom. The summed E-state index contributed by atoms with van der Waals surface area (Å²) in [6.07, 6.45) is 5.94. The van der Waals surface area contributed by atoms with Gasteiger partial charge in [0.1, 0.15) is 5.75 Å². The van der Waals surface area contributed by atoms with Gasteiger partial charge >= 0.3 is 0 Å². The zero-order valence-corrected chi connectivity index (χ0v) is 14.4. The van der Waals surface area contributed by atoms with E-state index in [9.17, 15) is 4.79 Å². The third kappa shape index (κ3) is 4.64. The summed E-state index contributed by atoms with van der Waals surface area (Å²) >= 11 is 5.93. The molecule has 122 valence electrons. The quantitative estimate of drug-likeness (QED) is 0.716. The van der Waals surface area contributed by atoms with Crippen molar-refractivity contribution in [2.45, 2.75) is 58.4 Å². The van der Waals surface area contributed by atoms with Gasteiger partial charge in [0.05, 0.1) is 6.61 Å². The highest BCUT2D eigenvalue weighted by Gasteiger charge is 2.24. The van der Waals surface area contributed by atoms with Crippen LogP contribution in [0.25, 0.3) is 0 Å². The van der Waals surface area contributed by atoms with E-state index >= 15 is 0 Å². The smallest absolute Gasteiger partial charge is 0.222 e. The Balaban J connectivity index is 1.74. The van der Waals surface area contributed by atoms with Crippen molar-refractivity contribution in [3.05, 3.63) is 28.8 Å². The van der Waals surface area contributed by atoms with Crippen LogP contribution in [-0.4, -0.2) is 30.0 Å². The standard InChI is InChI=1S/C18H26ClNO2/c1-3-16-7-4-5-11-20(16)18(21)8-6-12-22-17-10-9-15(19)13-14(17)2/h9-10,13,16H,3-8,11-12H2,1-2H3. The van der Waals surface area contributed by atoms with Gasteiger partial charge in [-0.15, -0.1) is 0 Å². The molecule has 1 atom stereocenters. The molecule has 1 fully saturated rings. The van der Waals surface area contributed by atoms with E-state index in [4.69, 9.17) is 16.3 Å². The number of carbonyl (C=O) groups excluding carboxylic acids is 1. The number of rotatable bonds is 6. The van der Waals surface area contributed by atoms with Gasteiger partial charge in [-0.3, -0.25) is 4.79 Å². The largest absolute Gasteiger partial charge is 0.493 e. The number of benzene rings is 1. The summed E-state index contributed by atoms with van der Waals surface area (Å²) in [6, 6.07) is 6.05. The van der Waals surface area contributed by atoms with Gasteiger partial charge in [0.2, 0.25) is 5.91 Å². The monoisotopic (exact) mass is 323 g/mol. The van der Waals surface area contributed by atoms with E-state index in [0.29, 0.717) is 19.1 Å². The van der Waals surface area contributed by atoms with E-state index in [0.717, 1.165) is 48.6 Å². The Morgan fingerprint density at radius 3 is 2.95 bits per heavy atom. The molecule has 1 heterocycles. The average molecular weight is 324 g/mol. The minimum Gasteiger partial charge on any atom is -0.493 e. The maximum atomic E-state index is 12.3. The lowest BCUT2D eigenvalue weighted by Crippen LogP contribution is -2.43. The fourth-order valence-corrected chi connectivity index (χ4v) is 3.30. The van der Waals surface area contributed by atoms with E-state index in [1.165, 1.54) is 6.42 Å². The number of carbonyl (C=O) groups is 1. The zero-order chi connectivity index (χ0) is 15.9. The van der Waals surface area contributed by atoms with Gasteiger partial charge in [-0.25, -0.2) is 0 Å². The second-order valence-corrected chi connectivity index (χ2v) is 6.44. The van der Waals surface area contributed by atoms with Crippen LogP contribution in [0.4, 0.5) is 0 Å². The molecule has 1 aromatic rings. The molecule has 0 bridgehead atoms. The molecule has 0 aliphatic carbocycles. The van der Waals surface area contributed by atoms with Crippen molar-refractivity contribution in [3.63, 3.8) is 0 Å². The molecular formula is C18H26ClNO2. The summed E-state index contributed by atoms with van der Waals surface area (Å²) in [4.78, 5) is 14.4. The third-order valence-electron chi connectivity index (χ3n) is 4.35. The molecule has 2 rings (SSSR count). The van der Waals surface area contributed by atoms with Gasteiger partial charge in [0, 0.05) is 24.0 Å². The van der Waals surface area contributed by atoms with E-state index in [-0.39, 0.29) is 5.91 Å². The van der Waals surface area contributed by atoms with Crippen LogP contribution in [0.15, 0.2) is 18.2 Å². The Labute approximate surface area is 138 Å². The van der Waals surface area contributed by atoms with Gasteiger partial charge in [0.25, 0.3) is 0 Å². The van der Waals surface area contributed by atoms with Crippen LogP contribution in [0.1, 0.15) is 51.0 Å². The van der Waals surface area contributed by atoms with Gasteiger partial charge in [-0.2, -0.15) is 0 Å². The number of amides is 1. The van der Waals surface area contributed by atoms with Crippen molar-refractivity contribution < 1.29 is 9.53 Å². The first-order valence-corrected chi connectivity index (χ1v) is 8.68. The summed E-state index contributed by atoms with van der Waals surface area (Å²) in [6.45, 7) is 5.64. The predicted molar refractivity (Wildman–Crippen MR) is 90.6 cm³/mol. The molecule has 1 aliphatic heterocycles. The molecule has 3 nitrogen and oxygen atoms in total. The molecule has 1 unspecified atom stereocenters. The molecule has 0 N–H and O–H groups in total. The molecule has 1 aliphatic rings. The molecule has 1 saturated heterocycles. The predicted octanol–water partition coefficient (Wildman–Crippen LogP) is 4.60. The van der Waals surface area contributed by atoms with E-state index in [1.807, 2.05) is 25.1 Å². The van der Waals surface area contributed by atoms with Gasteiger partial charge in [-0.05, 0) is 62.8 Å². The molecule has 22 heavy (non-hydrogen) atoms. The number of likely N-dealkylation sites (tertiary alicyclic amines) is 1. The summed E-state index contributed by atoms with van der Waals surface area (Å²) in [5, 5.41) is 0.718. The van der Waals surface area contributed by atoms with Crippen LogP contribution >= 0.6 is 11.6 Å². The van der Waals surface area contributed by atoms with Crippen LogP contribution in [0.5, 0.6) is 5.75 Å². The first-order valence-electron chi connectivity index (χ1n) is 8.30. The van der Waals surface area contributed by atoms with Crippen LogP contribution in [0, 0.1) is 6.92 Å². The fraction of sp³-hybridized carbons (Fsp3) is 0.611. The number of halogens is 1. The Morgan fingerprint density at radius 2 is 2.23 bits per heavy atom. The highest BCUT2D eigenvalue weighted by Crippen LogP contribution is 2.23. The molecule has 0 saturated carbocycles. The first-order chi connectivity index (χ1) is 10.6. The molecule has 0 radical (unpaired) electrons. The van der Waals surface area contributed by atoms with Crippen molar-refractivity contribution in [2.75, 3.05) is 13.2 Å². The highest BCUT2D eigenvalue weighted by atomic mass is 35.5. The molecular weight excluding hydrogens is 298 g/mol. The first kappa shape index (κ1) is 17.1. The second kappa shape index (κ2) is 8.42. The highest BCUT2D eigenvalue weighted by molar-refractivity contribution is 6.30. The van der Waals surface area contributed by atoms with Crippen molar-refractivity contribution in [3.8, 4) is 5.75 Å². The minimum absolute atomic E-state index is 0.281. The van der Waals surface area contributed by atoms with Crippen LogP contribution in [0.3, 0.4) is 0 Å². The number of aryl methyl sites for hydroxylation is 1. The lowest BCUT2D eigenvalue weighted by molar-refractivity contribution is -0.135. The van der Waals surface area contributed by atoms with Gasteiger partial charge in [0.15, 0.2) is 0 Å². The number of nitrogens with zero attached hydrogens (tertiary/aromatic N) is 1. The van der Waals surface area contributed by atoms with Crippen LogP contribution in [0.2, 0.25) is 5.02 Å². The molecule has 0 aromatic heterocycles. The number of ether oxygens (including phenoxy) is 1. The third-order valence-corrected chi connectivity index (χ3v) is 4.58. The summed E-state index contributed by atoms with van der Waals surface area (Å²) in [5.41, 5.74) is 1.03. The summed E-state index contributed by atoms with van der Waals surface area (Å²) < 4.78 is 5.75. The zero-order valence-electron chi connectivity index (χ0n) is 13.6. The minimum atomic E-state index is 0.281. The van der Waals surface area contributed by atoms with E-state index in [2.05, 4.69) is 11.8 Å². The van der Waals surface area contributed by atoms with Crippen molar-refractivity contribution in [2.24, 2.45) is 0 Å². The lowest BCUT2D eigenvalue weighted by Gasteiger charge is -2.35. The summed E-state index contributed by atoms with van der Waals surface area (Å²) in [5.74, 6) is 1.13. The van der Waals surface area contributed by atoms with Crippen LogP contribution in [-0.2, 0) is 4.79 Å². The number of hydrogen-bond donors (Lipinski definition) is 0. The van der Waals surface area contributed by atoms with Gasteiger partial charge < -0.3 is 9.64 Å². The lowest BCUT2D eigenvalue weighted by atomic mass is 9.99. The van der Waals surface area contributed by atoms with E-state index < -0.39 is 0 Å². The Bertz CT molecular complexity index is 504. The van der Waals surface area contributed by atoms with Gasteiger partial charge in [-0.1, -0.05) is 18.5 Å².